The number of aromatic nitrogens is 3. The van der Waals surface area contributed by atoms with E-state index < -0.39 is 0 Å². The number of aryl methyl sites for hydroxylation is 1. The fraction of sp³-hybridized carbons (Fsp3) is 0.235. The van der Waals surface area contributed by atoms with Gasteiger partial charge in [0.15, 0.2) is 0 Å². The van der Waals surface area contributed by atoms with Crippen molar-refractivity contribution in [1.29, 1.82) is 0 Å². The summed E-state index contributed by atoms with van der Waals surface area (Å²) in [5.41, 5.74) is 1.81. The number of carbonyl (C=O) groups excluding carboxylic acids is 1. The molecule has 2 aromatic heterocycles. The lowest BCUT2D eigenvalue weighted by atomic mass is 10.1. The quantitative estimate of drug-likeness (QED) is 0.758. The Morgan fingerprint density at radius 1 is 1.35 bits per heavy atom. The number of nitrogens with one attached hydrogen (secondary N) is 1. The molecule has 1 atom stereocenters. The molecule has 2 heterocycles. The third-order valence-electron chi connectivity index (χ3n) is 3.50. The predicted molar refractivity (Wildman–Crippen MR) is 84.5 cm³/mol. The van der Waals surface area contributed by atoms with Gasteiger partial charge in [-0.2, -0.15) is 0 Å². The van der Waals surface area contributed by atoms with Gasteiger partial charge < -0.3 is 14.4 Å². The zero-order chi connectivity index (χ0) is 16.1. The highest BCUT2D eigenvalue weighted by atomic mass is 16.5. The Labute approximate surface area is 134 Å². The van der Waals surface area contributed by atoms with Crippen molar-refractivity contribution < 1.29 is 9.32 Å². The van der Waals surface area contributed by atoms with E-state index in [-0.39, 0.29) is 18.4 Å². The number of carbonyl (C=O) groups is 1. The molecule has 6 heteroatoms. The maximum Gasteiger partial charge on any atom is 0.228 e. The average molecular weight is 310 g/mol. The van der Waals surface area contributed by atoms with Crippen LogP contribution < -0.4 is 5.32 Å². The minimum atomic E-state index is -0.137. The Morgan fingerprint density at radius 3 is 2.83 bits per heavy atom. The van der Waals surface area contributed by atoms with Crippen molar-refractivity contribution >= 4 is 5.91 Å². The van der Waals surface area contributed by atoms with Gasteiger partial charge in [0.1, 0.15) is 5.76 Å². The van der Waals surface area contributed by atoms with E-state index in [1.165, 1.54) is 0 Å². The molecular weight excluding hydrogens is 292 g/mol. The number of nitrogens with zero attached hydrogens (tertiary/aromatic N) is 3. The Kier molecular flexibility index (Phi) is 4.52. The van der Waals surface area contributed by atoms with Gasteiger partial charge in [-0.05, 0) is 12.5 Å². The first-order chi connectivity index (χ1) is 11.2. The lowest BCUT2D eigenvalue weighted by Crippen LogP contribution is -2.32. The van der Waals surface area contributed by atoms with Crippen molar-refractivity contribution in [1.82, 2.24) is 20.0 Å². The average Bonchev–Trinajstić information content (AvgIpc) is 3.19. The number of imidazole rings is 1. The summed E-state index contributed by atoms with van der Waals surface area (Å²) in [6.45, 7) is 2.45. The van der Waals surface area contributed by atoms with E-state index in [4.69, 9.17) is 4.52 Å². The van der Waals surface area contributed by atoms with Crippen LogP contribution >= 0.6 is 0 Å². The summed E-state index contributed by atoms with van der Waals surface area (Å²) < 4.78 is 7.04. The molecule has 1 unspecified atom stereocenters. The topological polar surface area (TPSA) is 73.0 Å². The van der Waals surface area contributed by atoms with Crippen LogP contribution in [0.3, 0.4) is 0 Å². The van der Waals surface area contributed by atoms with Crippen LogP contribution in [0.5, 0.6) is 0 Å². The second-order valence-electron chi connectivity index (χ2n) is 5.40. The van der Waals surface area contributed by atoms with Crippen molar-refractivity contribution in [2.45, 2.75) is 25.9 Å². The van der Waals surface area contributed by atoms with Crippen LogP contribution in [-0.4, -0.2) is 20.6 Å². The molecule has 0 spiro atoms. The Bertz CT molecular complexity index is 750. The highest BCUT2D eigenvalue weighted by Gasteiger charge is 2.16. The zero-order valence-corrected chi connectivity index (χ0v) is 12.8. The molecule has 0 radical (unpaired) electrons. The van der Waals surface area contributed by atoms with Crippen LogP contribution in [0.1, 0.15) is 23.1 Å². The van der Waals surface area contributed by atoms with Gasteiger partial charge in [0.2, 0.25) is 5.91 Å². The van der Waals surface area contributed by atoms with Gasteiger partial charge in [-0.1, -0.05) is 35.5 Å². The summed E-state index contributed by atoms with van der Waals surface area (Å²) in [4.78, 5) is 16.4. The highest BCUT2D eigenvalue weighted by molar-refractivity contribution is 5.78. The van der Waals surface area contributed by atoms with Gasteiger partial charge in [0, 0.05) is 25.0 Å². The highest BCUT2D eigenvalue weighted by Crippen LogP contribution is 2.15. The molecule has 0 aliphatic heterocycles. The summed E-state index contributed by atoms with van der Waals surface area (Å²) >= 11 is 0. The summed E-state index contributed by atoms with van der Waals surface area (Å²) in [5.74, 6) is 0.463. The lowest BCUT2D eigenvalue weighted by molar-refractivity contribution is -0.121. The molecule has 6 nitrogen and oxygen atoms in total. The summed E-state index contributed by atoms with van der Waals surface area (Å²) in [6, 6.07) is 11.5. The number of hydrogen-bond donors (Lipinski definition) is 1. The van der Waals surface area contributed by atoms with Crippen LogP contribution in [0.25, 0.3) is 0 Å². The van der Waals surface area contributed by atoms with Gasteiger partial charge in [-0.25, -0.2) is 4.98 Å². The van der Waals surface area contributed by atoms with Crippen LogP contribution in [-0.2, 0) is 17.8 Å². The van der Waals surface area contributed by atoms with Crippen LogP contribution in [0.4, 0.5) is 0 Å². The minimum absolute atomic E-state index is 0.102. The molecule has 1 N–H and O–H groups in total. The van der Waals surface area contributed by atoms with Crippen LogP contribution in [0.15, 0.2) is 59.6 Å². The number of benzene rings is 1. The monoisotopic (exact) mass is 310 g/mol. The van der Waals surface area contributed by atoms with Crippen molar-refractivity contribution in [2.75, 3.05) is 0 Å². The zero-order valence-electron chi connectivity index (χ0n) is 12.8. The molecule has 0 saturated carbocycles. The molecule has 1 aromatic carbocycles. The lowest BCUT2D eigenvalue weighted by Gasteiger charge is -2.19. The summed E-state index contributed by atoms with van der Waals surface area (Å²) in [5, 5.41) is 6.85. The molecule has 0 aliphatic carbocycles. The van der Waals surface area contributed by atoms with Gasteiger partial charge >= 0.3 is 0 Å². The largest absolute Gasteiger partial charge is 0.361 e. The molecule has 1 amide bonds. The molecule has 23 heavy (non-hydrogen) atoms. The fourth-order valence-corrected chi connectivity index (χ4v) is 2.43. The smallest absolute Gasteiger partial charge is 0.228 e. The Hall–Kier alpha value is -2.89. The normalized spacial score (nSPS) is 12.0. The van der Waals surface area contributed by atoms with E-state index in [1.807, 2.05) is 48.0 Å². The van der Waals surface area contributed by atoms with Gasteiger partial charge in [0.05, 0.1) is 24.5 Å². The maximum absolute atomic E-state index is 12.3. The second-order valence-corrected chi connectivity index (χ2v) is 5.40. The molecule has 0 aliphatic rings. The summed E-state index contributed by atoms with van der Waals surface area (Å²) in [7, 11) is 0. The van der Waals surface area contributed by atoms with Crippen molar-refractivity contribution in [3.8, 4) is 0 Å². The van der Waals surface area contributed by atoms with E-state index in [0.29, 0.717) is 12.3 Å². The van der Waals surface area contributed by atoms with Crippen molar-refractivity contribution in [3.63, 3.8) is 0 Å². The molecule has 3 aromatic rings. The third kappa shape index (κ3) is 4.06. The van der Waals surface area contributed by atoms with Gasteiger partial charge in [-0.3, -0.25) is 4.79 Å². The van der Waals surface area contributed by atoms with E-state index >= 15 is 0 Å². The third-order valence-corrected chi connectivity index (χ3v) is 3.50. The van der Waals surface area contributed by atoms with E-state index in [1.54, 1.807) is 18.6 Å². The first-order valence-corrected chi connectivity index (χ1v) is 7.43. The van der Waals surface area contributed by atoms with E-state index in [2.05, 4.69) is 15.5 Å². The van der Waals surface area contributed by atoms with Crippen LogP contribution in [0.2, 0.25) is 0 Å². The van der Waals surface area contributed by atoms with Crippen LogP contribution in [0, 0.1) is 6.92 Å². The van der Waals surface area contributed by atoms with Crippen molar-refractivity contribution in [3.05, 3.63) is 72.1 Å². The van der Waals surface area contributed by atoms with E-state index in [9.17, 15) is 4.79 Å². The fourth-order valence-electron chi connectivity index (χ4n) is 2.43. The standard InChI is InChI=1S/C17H18N4O2/c1-13-9-15(23-20-13)10-17(22)19-16(11-21-8-7-18-12-21)14-5-3-2-4-6-14/h2-9,12,16H,10-11H2,1H3,(H,19,22). The van der Waals surface area contributed by atoms with E-state index in [0.717, 1.165) is 11.3 Å². The molecule has 118 valence electrons. The number of rotatable bonds is 6. The van der Waals surface area contributed by atoms with Gasteiger partial charge in [0.25, 0.3) is 0 Å². The van der Waals surface area contributed by atoms with Crippen molar-refractivity contribution in [2.24, 2.45) is 0 Å². The molecule has 0 saturated heterocycles. The molecule has 0 bridgehead atoms. The van der Waals surface area contributed by atoms with Gasteiger partial charge in [-0.15, -0.1) is 0 Å². The first kappa shape index (κ1) is 15.0. The minimum Gasteiger partial charge on any atom is -0.361 e. The maximum atomic E-state index is 12.3. The molecule has 3 rings (SSSR count). The second kappa shape index (κ2) is 6.91. The molecular formula is C17H18N4O2. The first-order valence-electron chi connectivity index (χ1n) is 7.43. The summed E-state index contributed by atoms with van der Waals surface area (Å²) in [6.07, 6.45) is 5.51. The number of amides is 1. The Balaban J connectivity index is 1.71. The Morgan fingerprint density at radius 2 is 2.17 bits per heavy atom. The number of hydrogen-bond acceptors (Lipinski definition) is 4. The SMILES string of the molecule is Cc1cc(CC(=O)NC(Cn2ccnc2)c2ccccc2)on1. The molecule has 0 fully saturated rings. The predicted octanol–water partition coefficient (Wildman–Crippen LogP) is 2.28.